The van der Waals surface area contributed by atoms with Crippen LogP contribution in [0.15, 0.2) is 59.3 Å². The van der Waals surface area contributed by atoms with Crippen LogP contribution >= 0.6 is 0 Å². The molecule has 0 aliphatic heterocycles. The number of nitrogen functional groups attached to an aromatic ring is 1. The Morgan fingerprint density at radius 3 is 2.39 bits per heavy atom. The van der Waals surface area contributed by atoms with Crippen molar-refractivity contribution in [2.45, 2.75) is 93.9 Å². The van der Waals surface area contributed by atoms with Gasteiger partial charge >= 0.3 is 0 Å². The van der Waals surface area contributed by atoms with Crippen molar-refractivity contribution < 1.29 is 0 Å². The topological polar surface area (TPSA) is 38.9 Å². The van der Waals surface area contributed by atoms with Crippen LogP contribution < -0.4 is 5.73 Å². The van der Waals surface area contributed by atoms with Gasteiger partial charge in [0.05, 0.1) is 0 Å². The predicted molar refractivity (Wildman–Crippen MR) is 147 cm³/mol. The van der Waals surface area contributed by atoms with E-state index in [1.165, 1.54) is 33.5 Å². The van der Waals surface area contributed by atoms with Gasteiger partial charge in [0.1, 0.15) is 0 Å². The fourth-order valence-electron chi connectivity index (χ4n) is 5.20. The quantitative estimate of drug-likeness (QED) is 0.406. The van der Waals surface area contributed by atoms with E-state index in [4.69, 9.17) is 10.7 Å². The minimum Gasteiger partial charge on any atom is -0.398 e. The van der Waals surface area contributed by atoms with E-state index in [1.807, 2.05) is 6.92 Å². The van der Waals surface area contributed by atoms with Crippen LogP contribution in [0.5, 0.6) is 0 Å². The molecule has 1 aliphatic rings. The molecule has 1 aromatic heterocycles. The third kappa shape index (κ3) is 6.37. The molecule has 2 N–H and O–H groups in total. The molecule has 0 saturated carbocycles. The molecule has 2 rings (SSSR count). The lowest BCUT2D eigenvalue weighted by molar-refractivity contribution is 0.312. The smallest absolute Gasteiger partial charge is 0.0459 e. The molecule has 2 nitrogen and oxygen atoms in total. The van der Waals surface area contributed by atoms with E-state index < -0.39 is 0 Å². The molecule has 1 aromatic rings. The molecule has 0 spiro atoms. The molecule has 180 valence electrons. The maximum atomic E-state index is 7.06. The van der Waals surface area contributed by atoms with Crippen LogP contribution in [0.2, 0.25) is 0 Å². The molecule has 0 amide bonds. The highest BCUT2D eigenvalue weighted by atomic mass is 14.8. The number of fused-ring (bicyclic) bond motifs is 1. The standard InChI is InChI=1S/C31H46N2/c1-11-13-14-15-24(12-2)29(27(21(5)6)22(7)18-20(3)4)28-23(8)33-26-16-17-31(9,10)19-25(26)30(28)32/h11-15,20,29H,7,16-19H2,1-6,8-10H3,(H2,32,33)/b13-11-,15-14-,24-12-. The van der Waals surface area contributed by atoms with Crippen molar-refractivity contribution in [3.05, 3.63) is 81.8 Å². The Balaban J connectivity index is 2.84. The predicted octanol–water partition coefficient (Wildman–Crippen LogP) is 8.59. The average Bonchev–Trinajstić information content (AvgIpc) is 2.70. The number of aromatic nitrogens is 1. The lowest BCUT2D eigenvalue weighted by Crippen LogP contribution is -2.26. The molecule has 2 heteroatoms. The normalized spacial score (nSPS) is 17.0. The Kier molecular flexibility index (Phi) is 9.12. The van der Waals surface area contributed by atoms with Crippen LogP contribution in [0, 0.1) is 18.3 Å². The Morgan fingerprint density at radius 1 is 1.18 bits per heavy atom. The zero-order valence-electron chi connectivity index (χ0n) is 22.6. The van der Waals surface area contributed by atoms with Gasteiger partial charge in [-0.2, -0.15) is 0 Å². The number of aryl methyl sites for hydroxylation is 2. The molecule has 0 aromatic carbocycles. The van der Waals surface area contributed by atoms with Gasteiger partial charge in [0.15, 0.2) is 0 Å². The third-order valence-corrected chi connectivity index (χ3v) is 6.76. The number of nitrogens with two attached hydrogens (primary N) is 1. The van der Waals surface area contributed by atoms with Gasteiger partial charge in [-0.05, 0) is 88.3 Å². The summed E-state index contributed by atoms with van der Waals surface area (Å²) in [4.78, 5) is 5.14. The summed E-state index contributed by atoms with van der Waals surface area (Å²) in [5.41, 5.74) is 17.9. The second kappa shape index (κ2) is 11.2. The lowest BCUT2D eigenvalue weighted by Gasteiger charge is -2.35. The van der Waals surface area contributed by atoms with Gasteiger partial charge < -0.3 is 5.73 Å². The maximum Gasteiger partial charge on any atom is 0.0459 e. The monoisotopic (exact) mass is 446 g/mol. The molecule has 33 heavy (non-hydrogen) atoms. The van der Waals surface area contributed by atoms with Crippen molar-refractivity contribution in [3.63, 3.8) is 0 Å². The van der Waals surface area contributed by atoms with Gasteiger partial charge in [-0.3, -0.25) is 4.98 Å². The van der Waals surface area contributed by atoms with E-state index in [0.29, 0.717) is 5.92 Å². The highest BCUT2D eigenvalue weighted by molar-refractivity contribution is 5.66. The molecule has 1 aliphatic carbocycles. The van der Waals surface area contributed by atoms with E-state index >= 15 is 0 Å². The minimum absolute atomic E-state index is 0.0237. The summed E-state index contributed by atoms with van der Waals surface area (Å²) in [7, 11) is 0. The number of hydrogen-bond donors (Lipinski definition) is 1. The summed E-state index contributed by atoms with van der Waals surface area (Å²) in [5, 5.41) is 0. The highest BCUT2D eigenvalue weighted by Crippen LogP contribution is 2.46. The van der Waals surface area contributed by atoms with Gasteiger partial charge in [0.2, 0.25) is 0 Å². The summed E-state index contributed by atoms with van der Waals surface area (Å²) >= 11 is 0. The van der Waals surface area contributed by atoms with Crippen molar-refractivity contribution in [3.8, 4) is 0 Å². The van der Waals surface area contributed by atoms with Crippen LogP contribution in [0.1, 0.15) is 96.7 Å². The molecule has 1 heterocycles. The third-order valence-electron chi connectivity index (χ3n) is 6.76. The van der Waals surface area contributed by atoms with Crippen molar-refractivity contribution >= 4 is 5.69 Å². The fourth-order valence-corrected chi connectivity index (χ4v) is 5.20. The number of anilines is 1. The largest absolute Gasteiger partial charge is 0.398 e. The number of rotatable bonds is 8. The van der Waals surface area contributed by atoms with Crippen LogP contribution in [-0.4, -0.2) is 4.98 Å². The Morgan fingerprint density at radius 2 is 1.85 bits per heavy atom. The first-order valence-corrected chi connectivity index (χ1v) is 12.5. The zero-order chi connectivity index (χ0) is 24.9. The van der Waals surface area contributed by atoms with Gasteiger partial charge in [0.25, 0.3) is 0 Å². The second-order valence-corrected chi connectivity index (χ2v) is 11.0. The van der Waals surface area contributed by atoms with Crippen LogP contribution in [0.4, 0.5) is 5.69 Å². The molecule has 0 fully saturated rings. The molecule has 0 radical (unpaired) electrons. The molecular formula is C31H46N2. The maximum absolute atomic E-state index is 7.06. The zero-order valence-corrected chi connectivity index (χ0v) is 22.6. The summed E-state index contributed by atoms with van der Waals surface area (Å²) in [6, 6.07) is 0. The number of pyridine rings is 1. The number of allylic oxidation sites excluding steroid dienone is 9. The molecular weight excluding hydrogens is 400 g/mol. The minimum atomic E-state index is 0.0237. The van der Waals surface area contributed by atoms with Crippen molar-refractivity contribution in [1.82, 2.24) is 4.98 Å². The lowest BCUT2D eigenvalue weighted by atomic mass is 9.72. The summed E-state index contributed by atoms with van der Waals surface area (Å²) in [6.45, 7) is 24.5. The van der Waals surface area contributed by atoms with Crippen LogP contribution in [-0.2, 0) is 12.8 Å². The Hall–Kier alpha value is -2.35. The van der Waals surface area contributed by atoms with Crippen LogP contribution in [0.25, 0.3) is 0 Å². The first-order valence-electron chi connectivity index (χ1n) is 12.5. The van der Waals surface area contributed by atoms with Gasteiger partial charge in [0, 0.05) is 28.6 Å². The summed E-state index contributed by atoms with van der Waals surface area (Å²) in [6.07, 6.45) is 14.8. The van der Waals surface area contributed by atoms with E-state index in [0.717, 1.165) is 42.6 Å². The Labute approximate surface area is 203 Å². The van der Waals surface area contributed by atoms with Gasteiger partial charge in [-0.25, -0.2) is 0 Å². The molecule has 1 atom stereocenters. The second-order valence-electron chi connectivity index (χ2n) is 11.0. The summed E-state index contributed by atoms with van der Waals surface area (Å²) < 4.78 is 0. The molecule has 1 unspecified atom stereocenters. The SMILES string of the molecule is C=C(CC(C)C)C(=C(C)C)C(C(/C=C\C=C/C)=C\C)c1c(C)nc2c(c1N)CC(C)(C)CC2. The first kappa shape index (κ1) is 26.9. The average molecular weight is 447 g/mol. The van der Waals surface area contributed by atoms with Gasteiger partial charge in [-0.1, -0.05) is 75.8 Å². The number of hydrogen-bond acceptors (Lipinski definition) is 2. The summed E-state index contributed by atoms with van der Waals surface area (Å²) in [5.74, 6) is 0.566. The first-order chi connectivity index (χ1) is 15.4. The van der Waals surface area contributed by atoms with Crippen molar-refractivity contribution in [2.24, 2.45) is 11.3 Å². The van der Waals surface area contributed by atoms with E-state index in [1.54, 1.807) is 0 Å². The van der Waals surface area contributed by atoms with Gasteiger partial charge in [-0.15, -0.1) is 0 Å². The van der Waals surface area contributed by atoms with Crippen molar-refractivity contribution in [1.29, 1.82) is 0 Å². The van der Waals surface area contributed by atoms with E-state index in [-0.39, 0.29) is 11.3 Å². The fraction of sp³-hybridized carbons (Fsp3) is 0.516. The molecule has 0 saturated heterocycles. The van der Waals surface area contributed by atoms with Crippen molar-refractivity contribution in [2.75, 3.05) is 5.73 Å². The Bertz CT molecular complexity index is 992. The highest BCUT2D eigenvalue weighted by Gasteiger charge is 2.33. The van der Waals surface area contributed by atoms with E-state index in [9.17, 15) is 0 Å². The number of nitrogens with zero attached hydrogens (tertiary/aromatic N) is 1. The molecule has 0 bridgehead atoms. The van der Waals surface area contributed by atoms with Crippen LogP contribution in [0.3, 0.4) is 0 Å². The van der Waals surface area contributed by atoms with E-state index in [2.05, 4.69) is 92.3 Å².